The number of carbonyl (C=O) groups is 1. The van der Waals surface area contributed by atoms with E-state index in [9.17, 15) is 4.79 Å². The van der Waals surface area contributed by atoms with Crippen molar-refractivity contribution in [3.63, 3.8) is 0 Å². The van der Waals surface area contributed by atoms with Gasteiger partial charge >= 0.3 is 6.03 Å². The maximum absolute atomic E-state index is 11.7. The second kappa shape index (κ2) is 6.59. The number of benzene rings is 2. The summed E-state index contributed by atoms with van der Waals surface area (Å²) in [6.45, 7) is 0.452. The summed E-state index contributed by atoms with van der Waals surface area (Å²) in [5.41, 5.74) is 1.68. The molecule has 0 radical (unpaired) electrons. The highest BCUT2D eigenvalue weighted by atomic mass is 79.9. The Labute approximate surface area is 125 Å². The largest absolute Gasteiger partial charge is 0.334 e. The summed E-state index contributed by atoms with van der Waals surface area (Å²) in [6, 6.07) is 14.5. The van der Waals surface area contributed by atoms with Crippen LogP contribution in [0.2, 0.25) is 5.02 Å². The molecule has 0 aliphatic rings. The second-order valence-corrected chi connectivity index (χ2v) is 5.20. The SMILES string of the molecule is O=C(NCc1ccccc1Br)Nc1cccc(Cl)c1. The quantitative estimate of drug-likeness (QED) is 0.853. The van der Waals surface area contributed by atoms with Crippen LogP contribution in [-0.4, -0.2) is 6.03 Å². The molecule has 98 valence electrons. The fourth-order valence-corrected chi connectivity index (χ4v) is 2.17. The van der Waals surface area contributed by atoms with Crippen LogP contribution in [0.4, 0.5) is 10.5 Å². The molecular weight excluding hydrogens is 328 g/mol. The maximum Gasteiger partial charge on any atom is 0.319 e. The van der Waals surface area contributed by atoms with Gasteiger partial charge in [-0.05, 0) is 29.8 Å². The van der Waals surface area contributed by atoms with Gasteiger partial charge in [0.05, 0.1) is 0 Å². The summed E-state index contributed by atoms with van der Waals surface area (Å²) in [4.78, 5) is 11.7. The molecule has 2 aromatic carbocycles. The van der Waals surface area contributed by atoms with Crippen LogP contribution < -0.4 is 10.6 Å². The van der Waals surface area contributed by atoms with E-state index in [0.29, 0.717) is 17.3 Å². The molecule has 0 aliphatic carbocycles. The molecule has 0 saturated heterocycles. The topological polar surface area (TPSA) is 41.1 Å². The Morgan fingerprint density at radius 2 is 1.95 bits per heavy atom. The third-order valence-electron chi connectivity index (χ3n) is 2.48. The van der Waals surface area contributed by atoms with Gasteiger partial charge in [-0.15, -0.1) is 0 Å². The van der Waals surface area contributed by atoms with Gasteiger partial charge in [-0.3, -0.25) is 0 Å². The first kappa shape index (κ1) is 13.9. The number of hydrogen-bond acceptors (Lipinski definition) is 1. The molecule has 2 amide bonds. The zero-order chi connectivity index (χ0) is 13.7. The minimum Gasteiger partial charge on any atom is -0.334 e. The van der Waals surface area contributed by atoms with E-state index in [2.05, 4.69) is 26.6 Å². The number of carbonyl (C=O) groups excluding carboxylic acids is 1. The van der Waals surface area contributed by atoms with Crippen LogP contribution in [0.5, 0.6) is 0 Å². The van der Waals surface area contributed by atoms with Gasteiger partial charge < -0.3 is 10.6 Å². The summed E-state index contributed by atoms with van der Waals surface area (Å²) >= 11 is 9.28. The fraction of sp³-hybridized carbons (Fsp3) is 0.0714. The summed E-state index contributed by atoms with van der Waals surface area (Å²) in [5, 5.41) is 6.09. The Morgan fingerprint density at radius 3 is 2.68 bits per heavy atom. The first-order valence-electron chi connectivity index (χ1n) is 5.69. The fourth-order valence-electron chi connectivity index (χ4n) is 1.56. The van der Waals surface area contributed by atoms with Crippen LogP contribution in [0.1, 0.15) is 5.56 Å². The van der Waals surface area contributed by atoms with Gasteiger partial charge in [-0.2, -0.15) is 0 Å². The van der Waals surface area contributed by atoms with Crippen molar-refractivity contribution in [2.75, 3.05) is 5.32 Å². The Hall–Kier alpha value is -1.52. The maximum atomic E-state index is 11.7. The number of halogens is 2. The molecule has 0 aliphatic heterocycles. The zero-order valence-corrected chi connectivity index (χ0v) is 12.3. The summed E-state index contributed by atoms with van der Waals surface area (Å²) in [6.07, 6.45) is 0. The minimum atomic E-state index is -0.266. The predicted octanol–water partition coefficient (Wildman–Crippen LogP) is 4.42. The highest BCUT2D eigenvalue weighted by molar-refractivity contribution is 9.10. The number of rotatable bonds is 3. The molecule has 0 fully saturated rings. The van der Waals surface area contributed by atoms with E-state index >= 15 is 0 Å². The van der Waals surface area contributed by atoms with Crippen molar-refractivity contribution in [3.05, 3.63) is 63.6 Å². The third-order valence-corrected chi connectivity index (χ3v) is 3.49. The number of hydrogen-bond donors (Lipinski definition) is 2. The zero-order valence-electron chi connectivity index (χ0n) is 9.99. The van der Waals surface area contributed by atoms with Crippen molar-refractivity contribution < 1.29 is 4.79 Å². The third kappa shape index (κ3) is 4.26. The molecule has 0 aromatic heterocycles. The Kier molecular flexibility index (Phi) is 4.82. The van der Waals surface area contributed by atoms with Gasteiger partial charge in [0.25, 0.3) is 0 Å². The Bertz CT molecular complexity index is 589. The molecule has 3 nitrogen and oxygen atoms in total. The summed E-state index contributed by atoms with van der Waals surface area (Å²) < 4.78 is 0.970. The molecule has 5 heteroatoms. The summed E-state index contributed by atoms with van der Waals surface area (Å²) in [7, 11) is 0. The van der Waals surface area contributed by atoms with E-state index in [4.69, 9.17) is 11.6 Å². The molecule has 0 unspecified atom stereocenters. The van der Waals surface area contributed by atoms with Crippen LogP contribution in [0.15, 0.2) is 53.0 Å². The van der Waals surface area contributed by atoms with E-state index < -0.39 is 0 Å². The predicted molar refractivity (Wildman–Crippen MR) is 81.5 cm³/mol. The van der Waals surface area contributed by atoms with Crippen LogP contribution in [0, 0.1) is 0 Å². The first-order valence-corrected chi connectivity index (χ1v) is 6.86. The van der Waals surface area contributed by atoms with Gasteiger partial charge in [0.1, 0.15) is 0 Å². The lowest BCUT2D eigenvalue weighted by Gasteiger charge is -2.09. The van der Waals surface area contributed by atoms with Crippen molar-refractivity contribution in [3.8, 4) is 0 Å². The van der Waals surface area contributed by atoms with Gasteiger partial charge in [0.15, 0.2) is 0 Å². The normalized spacial score (nSPS) is 10.0. The number of anilines is 1. The highest BCUT2D eigenvalue weighted by Gasteiger charge is 2.03. The van der Waals surface area contributed by atoms with Crippen molar-refractivity contribution in [2.45, 2.75) is 6.54 Å². The van der Waals surface area contributed by atoms with Crippen molar-refractivity contribution in [1.82, 2.24) is 5.32 Å². The number of amides is 2. The molecule has 2 rings (SSSR count). The van der Waals surface area contributed by atoms with Crippen LogP contribution in [0.25, 0.3) is 0 Å². The molecule has 0 atom stereocenters. The second-order valence-electron chi connectivity index (χ2n) is 3.91. The average molecular weight is 340 g/mol. The molecular formula is C14H12BrClN2O. The molecule has 0 bridgehead atoms. The average Bonchev–Trinajstić information content (AvgIpc) is 2.38. The highest BCUT2D eigenvalue weighted by Crippen LogP contribution is 2.16. The molecule has 19 heavy (non-hydrogen) atoms. The molecule has 2 N–H and O–H groups in total. The minimum absolute atomic E-state index is 0.266. The van der Waals surface area contributed by atoms with Gasteiger partial charge in [0, 0.05) is 21.7 Å². The molecule has 0 heterocycles. The van der Waals surface area contributed by atoms with Gasteiger partial charge in [0.2, 0.25) is 0 Å². The van der Waals surface area contributed by atoms with E-state index in [1.54, 1.807) is 24.3 Å². The Morgan fingerprint density at radius 1 is 1.16 bits per heavy atom. The van der Waals surface area contributed by atoms with Crippen molar-refractivity contribution in [2.24, 2.45) is 0 Å². The van der Waals surface area contributed by atoms with E-state index in [0.717, 1.165) is 10.0 Å². The molecule has 0 saturated carbocycles. The molecule has 2 aromatic rings. The number of urea groups is 1. The standard InChI is InChI=1S/C14H12BrClN2O/c15-13-7-2-1-4-10(13)9-17-14(19)18-12-6-3-5-11(16)8-12/h1-8H,9H2,(H2,17,18,19). The van der Waals surface area contributed by atoms with E-state index in [1.165, 1.54) is 0 Å². The first-order chi connectivity index (χ1) is 9.15. The van der Waals surface area contributed by atoms with Crippen molar-refractivity contribution >= 4 is 39.2 Å². The van der Waals surface area contributed by atoms with Gasteiger partial charge in [-0.25, -0.2) is 4.79 Å². The Balaban J connectivity index is 1.90. The lowest BCUT2D eigenvalue weighted by atomic mass is 10.2. The van der Waals surface area contributed by atoms with Crippen LogP contribution in [-0.2, 0) is 6.54 Å². The van der Waals surface area contributed by atoms with Gasteiger partial charge in [-0.1, -0.05) is 51.8 Å². The lowest BCUT2D eigenvalue weighted by molar-refractivity contribution is 0.251. The van der Waals surface area contributed by atoms with Crippen LogP contribution >= 0.6 is 27.5 Å². The lowest BCUT2D eigenvalue weighted by Crippen LogP contribution is -2.28. The monoisotopic (exact) mass is 338 g/mol. The van der Waals surface area contributed by atoms with Crippen LogP contribution in [0.3, 0.4) is 0 Å². The summed E-state index contributed by atoms with van der Waals surface area (Å²) in [5.74, 6) is 0. The smallest absolute Gasteiger partial charge is 0.319 e. The van der Waals surface area contributed by atoms with E-state index in [-0.39, 0.29) is 6.03 Å². The number of nitrogens with one attached hydrogen (secondary N) is 2. The molecule has 0 spiro atoms. The van der Waals surface area contributed by atoms with E-state index in [1.807, 2.05) is 24.3 Å². The van der Waals surface area contributed by atoms with Crippen molar-refractivity contribution in [1.29, 1.82) is 0 Å².